The Morgan fingerprint density at radius 3 is 2.83 bits per heavy atom. The molecule has 2 aromatic rings. The lowest BCUT2D eigenvalue weighted by Crippen LogP contribution is -2.55. The molecule has 152 valence electrons. The Bertz CT molecular complexity index is 886. The van der Waals surface area contributed by atoms with Crippen LogP contribution in [0, 0.1) is 5.41 Å². The first-order valence-electron chi connectivity index (χ1n) is 10.3. The lowest BCUT2D eigenvalue weighted by Gasteiger charge is -2.48. The number of pyridine rings is 1. The number of aromatic nitrogens is 1. The molecule has 6 heteroatoms. The topological polar surface area (TPSA) is 73.7 Å². The fourth-order valence-electron chi connectivity index (χ4n) is 4.64. The van der Waals surface area contributed by atoms with E-state index in [1.807, 2.05) is 28.0 Å². The van der Waals surface area contributed by atoms with Crippen molar-refractivity contribution in [3.8, 4) is 5.75 Å². The van der Waals surface area contributed by atoms with E-state index in [9.17, 15) is 14.7 Å². The minimum atomic E-state index is -0.0445. The fraction of sp³-hybridized carbons (Fsp3) is 0.435. The van der Waals surface area contributed by atoms with Crippen molar-refractivity contribution >= 4 is 11.8 Å². The van der Waals surface area contributed by atoms with E-state index in [1.54, 1.807) is 24.4 Å². The summed E-state index contributed by atoms with van der Waals surface area (Å²) in [6.45, 7) is 2.74. The molecule has 0 bridgehead atoms. The third-order valence-electron chi connectivity index (χ3n) is 6.15. The second-order valence-corrected chi connectivity index (χ2v) is 8.27. The maximum absolute atomic E-state index is 13.0. The smallest absolute Gasteiger partial charge is 0.254 e. The lowest BCUT2D eigenvalue weighted by molar-refractivity contribution is -0.138. The van der Waals surface area contributed by atoms with Crippen LogP contribution in [-0.4, -0.2) is 57.9 Å². The highest BCUT2D eigenvalue weighted by atomic mass is 16.3. The van der Waals surface area contributed by atoms with Gasteiger partial charge in [0.1, 0.15) is 5.75 Å². The van der Waals surface area contributed by atoms with Crippen molar-refractivity contribution in [3.63, 3.8) is 0 Å². The number of phenolic OH excluding ortho intramolecular Hbond substituents is 1. The summed E-state index contributed by atoms with van der Waals surface area (Å²) in [6.07, 6.45) is 5.86. The summed E-state index contributed by atoms with van der Waals surface area (Å²) < 4.78 is 0. The first kappa shape index (κ1) is 19.4. The van der Waals surface area contributed by atoms with Gasteiger partial charge < -0.3 is 14.9 Å². The van der Waals surface area contributed by atoms with Crippen LogP contribution in [0.4, 0.5) is 0 Å². The Kier molecular flexibility index (Phi) is 5.51. The lowest BCUT2D eigenvalue weighted by atomic mass is 9.73. The van der Waals surface area contributed by atoms with Crippen LogP contribution in [0.2, 0.25) is 0 Å². The van der Waals surface area contributed by atoms with Gasteiger partial charge in [-0.1, -0.05) is 12.1 Å². The number of amides is 2. The van der Waals surface area contributed by atoms with Crippen molar-refractivity contribution in [1.29, 1.82) is 0 Å². The quantitative estimate of drug-likeness (QED) is 0.867. The Labute approximate surface area is 171 Å². The number of piperidine rings is 2. The number of aromatic hydroxyl groups is 1. The Morgan fingerprint density at radius 2 is 2.03 bits per heavy atom. The molecular formula is C23H27N3O3. The molecule has 6 nitrogen and oxygen atoms in total. The minimum absolute atomic E-state index is 0.0389. The predicted molar refractivity (Wildman–Crippen MR) is 109 cm³/mol. The van der Waals surface area contributed by atoms with E-state index >= 15 is 0 Å². The van der Waals surface area contributed by atoms with Gasteiger partial charge in [-0.3, -0.25) is 14.6 Å². The maximum Gasteiger partial charge on any atom is 0.254 e. The summed E-state index contributed by atoms with van der Waals surface area (Å²) in [4.78, 5) is 33.7. The molecule has 2 aliphatic rings. The molecule has 2 fully saturated rings. The molecule has 1 aromatic heterocycles. The van der Waals surface area contributed by atoms with Crippen LogP contribution in [0.15, 0.2) is 48.7 Å². The van der Waals surface area contributed by atoms with Gasteiger partial charge in [-0.25, -0.2) is 0 Å². The molecule has 1 aromatic carbocycles. The number of likely N-dealkylation sites (tertiary alicyclic amines) is 2. The first-order chi connectivity index (χ1) is 14.0. The van der Waals surface area contributed by atoms with Crippen LogP contribution >= 0.6 is 0 Å². The van der Waals surface area contributed by atoms with Crippen LogP contribution in [-0.2, 0) is 11.2 Å². The summed E-state index contributed by atoms with van der Waals surface area (Å²) in [5.41, 5.74) is 1.47. The highest BCUT2D eigenvalue weighted by molar-refractivity contribution is 5.94. The zero-order chi connectivity index (χ0) is 20.3. The third kappa shape index (κ3) is 4.42. The first-order valence-corrected chi connectivity index (χ1v) is 10.3. The number of nitrogens with zero attached hydrogens (tertiary/aromatic N) is 3. The van der Waals surface area contributed by atoms with Crippen molar-refractivity contribution in [2.75, 3.05) is 26.2 Å². The molecule has 0 radical (unpaired) electrons. The van der Waals surface area contributed by atoms with Gasteiger partial charge >= 0.3 is 0 Å². The van der Waals surface area contributed by atoms with Gasteiger partial charge in [0.15, 0.2) is 0 Å². The Hall–Kier alpha value is -2.89. The Balaban J connectivity index is 1.44. The second-order valence-electron chi connectivity index (χ2n) is 8.27. The number of rotatable bonds is 4. The van der Waals surface area contributed by atoms with Gasteiger partial charge in [-0.15, -0.1) is 0 Å². The standard InChI is InChI=1S/C23H27N3O3/c27-20-7-3-5-18(15-20)22(29)26-13-4-10-23(17-26)11-8-21(28)25(16-23)14-9-19-6-1-2-12-24-19/h1-3,5-7,12,15,27H,4,8-11,13-14,16-17H2. The molecule has 3 heterocycles. The van der Waals surface area contributed by atoms with Crippen molar-refractivity contribution in [1.82, 2.24) is 14.8 Å². The number of hydrogen-bond donors (Lipinski definition) is 1. The number of phenols is 1. The van der Waals surface area contributed by atoms with E-state index in [0.717, 1.165) is 37.9 Å². The van der Waals surface area contributed by atoms with E-state index in [0.29, 0.717) is 31.6 Å². The molecule has 4 rings (SSSR count). The van der Waals surface area contributed by atoms with Gasteiger partial charge in [0.25, 0.3) is 5.91 Å². The summed E-state index contributed by atoms with van der Waals surface area (Å²) in [7, 11) is 0. The monoisotopic (exact) mass is 393 g/mol. The molecule has 0 saturated carbocycles. The van der Waals surface area contributed by atoms with Crippen LogP contribution in [0.3, 0.4) is 0 Å². The summed E-state index contributed by atoms with van der Waals surface area (Å²) in [6, 6.07) is 12.4. The van der Waals surface area contributed by atoms with Crippen LogP contribution in [0.1, 0.15) is 41.7 Å². The van der Waals surface area contributed by atoms with E-state index in [2.05, 4.69) is 4.98 Å². The highest BCUT2D eigenvalue weighted by Gasteiger charge is 2.42. The summed E-state index contributed by atoms with van der Waals surface area (Å²) >= 11 is 0. The van der Waals surface area contributed by atoms with Crippen LogP contribution < -0.4 is 0 Å². The zero-order valence-corrected chi connectivity index (χ0v) is 16.6. The number of benzene rings is 1. The number of carbonyl (C=O) groups excluding carboxylic acids is 2. The number of carbonyl (C=O) groups is 2. The molecular weight excluding hydrogens is 366 g/mol. The SMILES string of the molecule is O=C1CCC2(CCCN(C(=O)c3cccc(O)c3)C2)CN1CCc1ccccn1. The normalized spacial score (nSPS) is 22.1. The van der Waals surface area contributed by atoms with Crippen molar-refractivity contribution in [3.05, 3.63) is 59.9 Å². The molecule has 1 unspecified atom stereocenters. The van der Waals surface area contributed by atoms with E-state index in [-0.39, 0.29) is 23.0 Å². The zero-order valence-electron chi connectivity index (χ0n) is 16.6. The molecule has 2 aliphatic heterocycles. The van der Waals surface area contributed by atoms with E-state index in [1.165, 1.54) is 6.07 Å². The molecule has 2 saturated heterocycles. The van der Waals surface area contributed by atoms with E-state index < -0.39 is 0 Å². The predicted octanol–water partition coefficient (Wildman–Crippen LogP) is 2.87. The molecule has 1 spiro atoms. The van der Waals surface area contributed by atoms with Gasteiger partial charge in [0, 0.05) is 61.9 Å². The minimum Gasteiger partial charge on any atom is -0.508 e. The summed E-state index contributed by atoms with van der Waals surface area (Å²) in [5.74, 6) is 0.256. The van der Waals surface area contributed by atoms with E-state index in [4.69, 9.17) is 0 Å². The summed E-state index contributed by atoms with van der Waals surface area (Å²) in [5, 5.41) is 9.70. The Morgan fingerprint density at radius 1 is 1.14 bits per heavy atom. The van der Waals surface area contributed by atoms with Gasteiger partial charge in [-0.05, 0) is 49.6 Å². The van der Waals surface area contributed by atoms with Crippen molar-refractivity contribution in [2.24, 2.45) is 5.41 Å². The maximum atomic E-state index is 13.0. The largest absolute Gasteiger partial charge is 0.508 e. The van der Waals surface area contributed by atoms with Crippen molar-refractivity contribution in [2.45, 2.75) is 32.1 Å². The fourth-order valence-corrected chi connectivity index (χ4v) is 4.64. The molecule has 1 atom stereocenters. The van der Waals surface area contributed by atoms with Gasteiger partial charge in [0.05, 0.1) is 0 Å². The van der Waals surface area contributed by atoms with Gasteiger partial charge in [0.2, 0.25) is 5.91 Å². The third-order valence-corrected chi connectivity index (χ3v) is 6.15. The molecule has 1 N–H and O–H groups in total. The van der Waals surface area contributed by atoms with Crippen molar-refractivity contribution < 1.29 is 14.7 Å². The average molecular weight is 393 g/mol. The van der Waals surface area contributed by atoms with Gasteiger partial charge in [-0.2, -0.15) is 0 Å². The van der Waals surface area contributed by atoms with Crippen LogP contribution in [0.5, 0.6) is 5.75 Å². The molecule has 29 heavy (non-hydrogen) atoms. The number of hydrogen-bond acceptors (Lipinski definition) is 4. The highest BCUT2D eigenvalue weighted by Crippen LogP contribution is 2.39. The average Bonchev–Trinajstić information content (AvgIpc) is 2.75. The molecule has 2 amide bonds. The van der Waals surface area contributed by atoms with Crippen LogP contribution in [0.25, 0.3) is 0 Å². The molecule has 0 aliphatic carbocycles. The second kappa shape index (κ2) is 8.23.